The minimum absolute atomic E-state index is 0.374. The molecule has 0 radical (unpaired) electrons. The quantitative estimate of drug-likeness (QED) is 0.149. The fraction of sp³-hybridized carbons (Fsp3) is 0. The first kappa shape index (κ1) is 48.0. The van der Waals surface area contributed by atoms with Crippen LogP contribution in [0.3, 0.4) is 0 Å². The first-order valence-electron chi connectivity index (χ1n) is 27.1. The lowest BCUT2D eigenvalue weighted by Gasteiger charge is -2.15. The molecule has 15 aromatic rings. The second-order valence-corrected chi connectivity index (χ2v) is 20.6. The zero-order valence-corrected chi connectivity index (χ0v) is 44.2. The third kappa shape index (κ3) is 7.74. The molecular weight excluding hydrogens is 1010 g/mol. The number of nitriles is 4. The van der Waals surface area contributed by atoms with Gasteiger partial charge in [-0.1, -0.05) is 152 Å². The van der Waals surface area contributed by atoms with Crippen molar-refractivity contribution in [1.29, 1.82) is 21.0 Å². The van der Waals surface area contributed by atoms with E-state index in [1.807, 2.05) is 103 Å². The molecule has 4 aromatic heterocycles. The number of rotatable bonds is 8. The highest BCUT2D eigenvalue weighted by Gasteiger charge is 2.23. The van der Waals surface area contributed by atoms with Gasteiger partial charge in [-0.15, -0.1) is 0 Å². The van der Waals surface area contributed by atoms with Gasteiger partial charge in [0.25, 0.3) is 0 Å². The van der Waals surface area contributed by atoms with Crippen molar-refractivity contribution in [1.82, 2.24) is 23.7 Å². The minimum atomic E-state index is 0.374. The van der Waals surface area contributed by atoms with Crippen LogP contribution in [-0.4, -0.2) is 23.7 Å². The molecule has 9 nitrogen and oxygen atoms in total. The summed E-state index contributed by atoms with van der Waals surface area (Å²) in [6.45, 7) is 0. The summed E-state index contributed by atoms with van der Waals surface area (Å²) in [5.74, 6) is 0.388. The molecule has 0 N–H and O–H groups in total. The van der Waals surface area contributed by atoms with Crippen LogP contribution >= 0.6 is 0 Å². The zero-order chi connectivity index (χ0) is 55.7. The maximum atomic E-state index is 11.2. The molecule has 0 atom stereocenters. The molecule has 83 heavy (non-hydrogen) atoms. The SMILES string of the molecule is N#Cc1ccccc1-c1cc(-c2ccc(-c3ccc(-c4cc(C#N)c(-n5c6ccc(-n7c8ccccc8c8ccccc87)cc6c6cc(-n7c8ccccc8c8ccccc87)ccc65)c(C#N)c4)cc3)cc2)nc(-c2ccccc2C#N)n1. The molecule has 0 aliphatic carbocycles. The van der Waals surface area contributed by atoms with Crippen molar-refractivity contribution < 1.29 is 0 Å². The Labute approximate surface area is 476 Å². The Hall–Kier alpha value is -12.1. The van der Waals surface area contributed by atoms with E-state index in [0.717, 1.165) is 83.1 Å². The monoisotopic (exact) mass is 1060 g/mol. The number of nitrogens with zero attached hydrogens (tertiary/aromatic N) is 9. The average molecular weight is 1060 g/mol. The van der Waals surface area contributed by atoms with Gasteiger partial charge in [-0.25, -0.2) is 9.97 Å². The third-order valence-corrected chi connectivity index (χ3v) is 16.1. The second-order valence-electron chi connectivity index (χ2n) is 20.6. The summed E-state index contributed by atoms with van der Waals surface area (Å²) in [6.07, 6.45) is 0. The molecule has 0 amide bonds. The summed E-state index contributed by atoms with van der Waals surface area (Å²) in [4.78, 5) is 9.84. The molecule has 0 aliphatic heterocycles. The van der Waals surface area contributed by atoms with Gasteiger partial charge >= 0.3 is 0 Å². The second kappa shape index (κ2) is 19.3. The summed E-state index contributed by atoms with van der Waals surface area (Å²) in [5, 5.41) is 49.0. The largest absolute Gasteiger partial charge is 0.309 e. The molecule has 0 saturated heterocycles. The van der Waals surface area contributed by atoms with Crippen molar-refractivity contribution in [3.63, 3.8) is 0 Å². The van der Waals surface area contributed by atoms with Gasteiger partial charge in [-0.3, -0.25) is 0 Å². The molecule has 0 fully saturated rings. The number of hydrogen-bond donors (Lipinski definition) is 0. The van der Waals surface area contributed by atoms with Crippen molar-refractivity contribution in [2.24, 2.45) is 0 Å². The van der Waals surface area contributed by atoms with E-state index in [2.05, 4.69) is 171 Å². The highest BCUT2D eigenvalue weighted by Crippen LogP contribution is 2.42. The lowest BCUT2D eigenvalue weighted by Crippen LogP contribution is -2.02. The summed E-state index contributed by atoms with van der Waals surface area (Å²) < 4.78 is 6.75. The number of para-hydroxylation sites is 4. The van der Waals surface area contributed by atoms with E-state index in [1.165, 1.54) is 21.5 Å². The fourth-order valence-electron chi connectivity index (χ4n) is 12.3. The van der Waals surface area contributed by atoms with E-state index in [0.29, 0.717) is 56.3 Å². The average Bonchev–Trinajstić information content (AvgIpc) is 3.95. The molecule has 9 heteroatoms. The third-order valence-electron chi connectivity index (χ3n) is 16.1. The van der Waals surface area contributed by atoms with Crippen molar-refractivity contribution >= 4 is 65.4 Å². The Morgan fingerprint density at radius 2 is 0.627 bits per heavy atom. The lowest BCUT2D eigenvalue weighted by atomic mass is 9.95. The molecule has 0 saturated carbocycles. The number of hydrogen-bond acceptors (Lipinski definition) is 6. The van der Waals surface area contributed by atoms with Crippen LogP contribution in [0.25, 0.3) is 139 Å². The van der Waals surface area contributed by atoms with Gasteiger partial charge < -0.3 is 13.7 Å². The van der Waals surface area contributed by atoms with Crippen molar-refractivity contribution in [2.75, 3.05) is 0 Å². The van der Waals surface area contributed by atoms with E-state index < -0.39 is 0 Å². The number of aromatic nitrogens is 5. The maximum Gasteiger partial charge on any atom is 0.161 e. The van der Waals surface area contributed by atoms with Crippen LogP contribution < -0.4 is 0 Å². The molecular formula is C74H41N9. The van der Waals surface area contributed by atoms with Crippen LogP contribution in [0, 0.1) is 45.3 Å². The molecule has 0 bridgehead atoms. The Morgan fingerprint density at radius 1 is 0.265 bits per heavy atom. The van der Waals surface area contributed by atoms with E-state index in [-0.39, 0.29) is 0 Å². The van der Waals surface area contributed by atoms with Crippen LogP contribution in [0.15, 0.2) is 249 Å². The smallest absolute Gasteiger partial charge is 0.161 e. The van der Waals surface area contributed by atoms with Crippen LogP contribution in [0.5, 0.6) is 0 Å². The molecule has 15 rings (SSSR count). The normalized spacial score (nSPS) is 11.3. The Balaban J connectivity index is 0.829. The molecule has 0 aliphatic rings. The van der Waals surface area contributed by atoms with Gasteiger partial charge in [0.1, 0.15) is 12.1 Å². The van der Waals surface area contributed by atoms with Crippen LogP contribution in [0.1, 0.15) is 22.3 Å². The van der Waals surface area contributed by atoms with Gasteiger partial charge in [-0.05, 0) is 119 Å². The van der Waals surface area contributed by atoms with Gasteiger partial charge in [0, 0.05) is 60.4 Å². The highest BCUT2D eigenvalue weighted by atomic mass is 15.0. The summed E-state index contributed by atoms with van der Waals surface area (Å²) in [6, 6.07) is 93.1. The van der Waals surface area contributed by atoms with Crippen LogP contribution in [0.4, 0.5) is 0 Å². The van der Waals surface area contributed by atoms with Gasteiger partial charge in [0.2, 0.25) is 0 Å². The maximum absolute atomic E-state index is 11.2. The molecule has 382 valence electrons. The zero-order valence-electron chi connectivity index (χ0n) is 44.2. The Kier molecular flexibility index (Phi) is 11.2. The van der Waals surface area contributed by atoms with Gasteiger partial charge in [0.15, 0.2) is 5.82 Å². The van der Waals surface area contributed by atoms with Crippen LogP contribution in [0.2, 0.25) is 0 Å². The molecule has 0 spiro atoms. The summed E-state index contributed by atoms with van der Waals surface area (Å²) >= 11 is 0. The van der Waals surface area contributed by atoms with E-state index in [1.54, 1.807) is 12.1 Å². The Morgan fingerprint density at radius 3 is 1.08 bits per heavy atom. The van der Waals surface area contributed by atoms with Crippen molar-refractivity contribution in [2.45, 2.75) is 0 Å². The predicted octanol–water partition coefficient (Wildman–Crippen LogP) is 17.6. The van der Waals surface area contributed by atoms with E-state index in [4.69, 9.17) is 9.97 Å². The predicted molar refractivity (Wildman–Crippen MR) is 331 cm³/mol. The van der Waals surface area contributed by atoms with Gasteiger partial charge in [0.05, 0.1) is 84.6 Å². The minimum Gasteiger partial charge on any atom is -0.309 e. The Bertz CT molecular complexity index is 4990. The first-order chi connectivity index (χ1) is 41.0. The molecule has 0 unspecified atom stereocenters. The van der Waals surface area contributed by atoms with Crippen molar-refractivity contribution in [3.05, 3.63) is 271 Å². The van der Waals surface area contributed by atoms with Crippen molar-refractivity contribution in [3.8, 4) is 97.5 Å². The van der Waals surface area contributed by atoms with Gasteiger partial charge in [-0.2, -0.15) is 21.0 Å². The summed E-state index contributed by atoms with van der Waals surface area (Å²) in [5.41, 5.74) is 17.2. The van der Waals surface area contributed by atoms with E-state index >= 15 is 0 Å². The topological polar surface area (TPSA) is 136 Å². The molecule has 4 heterocycles. The number of benzene rings is 11. The molecule has 11 aromatic carbocycles. The number of fused-ring (bicyclic) bond motifs is 9. The fourth-order valence-corrected chi connectivity index (χ4v) is 12.3. The first-order valence-corrected chi connectivity index (χ1v) is 27.1. The summed E-state index contributed by atoms with van der Waals surface area (Å²) in [7, 11) is 0. The van der Waals surface area contributed by atoms with Crippen LogP contribution in [-0.2, 0) is 0 Å². The highest BCUT2D eigenvalue weighted by molar-refractivity contribution is 6.14. The standard InChI is InChI=1S/C74H41N9/c75-42-50-13-1-3-15-57(50)66-41-65(79-74(80-66)58-16-4-2-14-51(58)43-76)49-31-29-47(30-32-49)46-25-27-48(28-26-46)52-37-53(44-77)73(54(38-52)45-78)83-71-35-33-55(81-67-21-9-5-17-59(67)60-18-6-10-22-68(60)81)39-63(71)64-40-56(34-36-72(64)83)82-69-23-11-7-19-61(69)62-20-8-12-24-70(62)82/h1-41H. The lowest BCUT2D eigenvalue weighted by molar-refractivity contribution is 1.14. The van der Waals surface area contributed by atoms with E-state index in [9.17, 15) is 21.0 Å².